The summed E-state index contributed by atoms with van der Waals surface area (Å²) in [7, 11) is 2.08. The van der Waals surface area contributed by atoms with Crippen molar-refractivity contribution in [1.29, 1.82) is 0 Å². The molecule has 0 aromatic carbocycles. The third kappa shape index (κ3) is 3.75. The fourth-order valence-corrected chi connectivity index (χ4v) is 3.44. The number of rotatable bonds is 7. The van der Waals surface area contributed by atoms with Gasteiger partial charge in [0.15, 0.2) is 5.13 Å². The minimum Gasteiger partial charge on any atom is -0.345 e. The summed E-state index contributed by atoms with van der Waals surface area (Å²) in [6.45, 7) is 7.02. The Hall–Kier alpha value is -0.980. The number of nitrogens with one attached hydrogen (secondary N) is 1. The Morgan fingerprint density at radius 2 is 2.21 bits per heavy atom. The molecule has 2 aromatic heterocycles. The van der Waals surface area contributed by atoms with E-state index < -0.39 is 0 Å². The van der Waals surface area contributed by atoms with Gasteiger partial charge in [-0.1, -0.05) is 13.8 Å². The maximum Gasteiger partial charge on any atom is 0.185 e. The van der Waals surface area contributed by atoms with Crippen molar-refractivity contribution < 1.29 is 0 Å². The van der Waals surface area contributed by atoms with Gasteiger partial charge in [-0.25, -0.2) is 9.97 Å². The van der Waals surface area contributed by atoms with Crippen molar-refractivity contribution in [3.63, 3.8) is 0 Å². The summed E-state index contributed by atoms with van der Waals surface area (Å²) in [5, 5.41) is 6.55. The van der Waals surface area contributed by atoms with Crippen LogP contribution in [0.25, 0.3) is 0 Å². The highest BCUT2D eigenvalue weighted by atomic mass is 32.1. The van der Waals surface area contributed by atoms with E-state index >= 15 is 0 Å². The molecule has 4 nitrogen and oxygen atoms in total. The Morgan fingerprint density at radius 3 is 2.84 bits per heavy atom. The standard InChI is InChI=1S/C13H20N4S2/c1-4-11-12(6-14-5-2)19-13(16-11)17(3)7-10-8-18-9-15-10/h8-9,14H,4-7H2,1-3H3. The van der Waals surface area contributed by atoms with Crippen molar-refractivity contribution in [1.82, 2.24) is 15.3 Å². The van der Waals surface area contributed by atoms with E-state index in [1.807, 2.05) is 5.51 Å². The van der Waals surface area contributed by atoms with Gasteiger partial charge < -0.3 is 10.2 Å². The van der Waals surface area contributed by atoms with E-state index in [1.54, 1.807) is 22.7 Å². The quantitative estimate of drug-likeness (QED) is 0.853. The number of aryl methyl sites for hydroxylation is 1. The van der Waals surface area contributed by atoms with Crippen molar-refractivity contribution in [3.05, 3.63) is 27.2 Å². The third-order valence-corrected chi connectivity index (χ3v) is 4.69. The Balaban J connectivity index is 2.08. The van der Waals surface area contributed by atoms with Crippen molar-refractivity contribution >= 4 is 27.8 Å². The fraction of sp³-hybridized carbons (Fsp3) is 0.538. The van der Waals surface area contributed by atoms with E-state index in [-0.39, 0.29) is 0 Å². The molecule has 2 aromatic rings. The first-order chi connectivity index (χ1) is 9.24. The highest BCUT2D eigenvalue weighted by molar-refractivity contribution is 7.15. The highest BCUT2D eigenvalue weighted by Crippen LogP contribution is 2.27. The second-order valence-electron chi connectivity index (χ2n) is 4.34. The van der Waals surface area contributed by atoms with Crippen LogP contribution in [0.4, 0.5) is 5.13 Å². The average Bonchev–Trinajstić information content (AvgIpc) is 3.04. The average molecular weight is 296 g/mol. The lowest BCUT2D eigenvalue weighted by Crippen LogP contribution is -2.16. The van der Waals surface area contributed by atoms with E-state index in [9.17, 15) is 0 Å². The molecule has 104 valence electrons. The van der Waals surface area contributed by atoms with Gasteiger partial charge in [0, 0.05) is 23.8 Å². The zero-order valence-corrected chi connectivity index (χ0v) is 13.3. The first-order valence-electron chi connectivity index (χ1n) is 6.52. The van der Waals surface area contributed by atoms with Crippen LogP contribution in [0.5, 0.6) is 0 Å². The molecule has 0 aliphatic rings. The molecule has 0 radical (unpaired) electrons. The van der Waals surface area contributed by atoms with Crippen molar-refractivity contribution in [2.24, 2.45) is 0 Å². The van der Waals surface area contributed by atoms with Crippen LogP contribution in [0.2, 0.25) is 0 Å². The molecule has 2 heterocycles. The molecule has 0 saturated heterocycles. The summed E-state index contributed by atoms with van der Waals surface area (Å²) in [6.07, 6.45) is 0.988. The molecule has 0 aliphatic carbocycles. The first kappa shape index (κ1) is 14.4. The lowest BCUT2D eigenvalue weighted by atomic mass is 10.3. The molecule has 0 unspecified atom stereocenters. The van der Waals surface area contributed by atoms with Crippen LogP contribution < -0.4 is 10.2 Å². The van der Waals surface area contributed by atoms with E-state index in [1.165, 1.54) is 10.6 Å². The SMILES string of the molecule is CCNCc1sc(N(C)Cc2cscn2)nc1CC. The number of thiazole rings is 2. The Bertz CT molecular complexity index is 493. The van der Waals surface area contributed by atoms with E-state index in [4.69, 9.17) is 4.98 Å². The second kappa shape index (κ2) is 6.98. The van der Waals surface area contributed by atoms with Gasteiger partial charge in [-0.3, -0.25) is 0 Å². The molecule has 0 bridgehead atoms. The summed E-state index contributed by atoms with van der Waals surface area (Å²) >= 11 is 3.42. The molecule has 1 N–H and O–H groups in total. The Morgan fingerprint density at radius 1 is 1.37 bits per heavy atom. The van der Waals surface area contributed by atoms with Crippen LogP contribution in [0.1, 0.15) is 30.1 Å². The van der Waals surface area contributed by atoms with Gasteiger partial charge in [-0.15, -0.1) is 22.7 Å². The summed E-state index contributed by atoms with van der Waals surface area (Å²) in [5.74, 6) is 0. The summed E-state index contributed by atoms with van der Waals surface area (Å²) in [5.41, 5.74) is 4.19. The van der Waals surface area contributed by atoms with Crippen molar-refractivity contribution in [2.45, 2.75) is 33.4 Å². The zero-order chi connectivity index (χ0) is 13.7. The predicted octanol–water partition coefficient (Wildman–Crippen LogP) is 2.91. The van der Waals surface area contributed by atoms with Crippen LogP contribution in [-0.2, 0) is 19.5 Å². The molecule has 0 aliphatic heterocycles. The topological polar surface area (TPSA) is 41.0 Å². The number of anilines is 1. The summed E-state index contributed by atoms with van der Waals surface area (Å²) < 4.78 is 0. The van der Waals surface area contributed by atoms with Gasteiger partial charge in [0.1, 0.15) is 0 Å². The van der Waals surface area contributed by atoms with Crippen molar-refractivity contribution in [3.8, 4) is 0 Å². The molecule has 19 heavy (non-hydrogen) atoms. The second-order valence-corrected chi connectivity index (χ2v) is 6.12. The van der Waals surface area contributed by atoms with Crippen LogP contribution in [0.3, 0.4) is 0 Å². The maximum absolute atomic E-state index is 4.74. The number of hydrogen-bond acceptors (Lipinski definition) is 6. The molecular formula is C13H20N4S2. The molecule has 2 rings (SSSR count). The first-order valence-corrected chi connectivity index (χ1v) is 8.28. The third-order valence-electron chi connectivity index (χ3n) is 2.85. The Labute approximate surface area is 122 Å². The van der Waals surface area contributed by atoms with Gasteiger partial charge in [-0.05, 0) is 13.0 Å². The molecule has 0 spiro atoms. The van der Waals surface area contributed by atoms with Crippen molar-refractivity contribution in [2.75, 3.05) is 18.5 Å². The number of hydrogen-bond donors (Lipinski definition) is 1. The van der Waals surface area contributed by atoms with Gasteiger partial charge in [-0.2, -0.15) is 0 Å². The van der Waals surface area contributed by atoms with Gasteiger partial charge in [0.05, 0.1) is 23.4 Å². The smallest absolute Gasteiger partial charge is 0.185 e. The molecular weight excluding hydrogens is 276 g/mol. The van der Waals surface area contributed by atoms with Crippen LogP contribution in [-0.4, -0.2) is 23.6 Å². The van der Waals surface area contributed by atoms with Crippen LogP contribution in [0.15, 0.2) is 10.9 Å². The van der Waals surface area contributed by atoms with Gasteiger partial charge in [0.25, 0.3) is 0 Å². The molecule has 0 amide bonds. The molecule has 0 fully saturated rings. The van der Waals surface area contributed by atoms with Crippen LogP contribution >= 0.6 is 22.7 Å². The molecule has 0 atom stereocenters. The van der Waals surface area contributed by atoms with Gasteiger partial charge in [0.2, 0.25) is 0 Å². The lowest BCUT2D eigenvalue weighted by Gasteiger charge is -2.13. The number of aromatic nitrogens is 2. The monoisotopic (exact) mass is 296 g/mol. The largest absolute Gasteiger partial charge is 0.345 e. The number of nitrogens with zero attached hydrogens (tertiary/aromatic N) is 3. The van der Waals surface area contributed by atoms with Gasteiger partial charge >= 0.3 is 0 Å². The highest BCUT2D eigenvalue weighted by Gasteiger charge is 2.13. The summed E-state index contributed by atoms with van der Waals surface area (Å²) in [4.78, 5) is 12.6. The van der Waals surface area contributed by atoms with Crippen LogP contribution in [0, 0.1) is 0 Å². The summed E-state index contributed by atoms with van der Waals surface area (Å²) in [6, 6.07) is 0. The normalized spacial score (nSPS) is 10.9. The predicted molar refractivity (Wildman–Crippen MR) is 83.1 cm³/mol. The zero-order valence-electron chi connectivity index (χ0n) is 11.6. The molecule has 6 heteroatoms. The van der Waals surface area contributed by atoms with E-state index in [0.717, 1.165) is 36.9 Å². The Kier molecular flexibility index (Phi) is 5.30. The minimum absolute atomic E-state index is 0.820. The maximum atomic E-state index is 4.74. The fourth-order valence-electron chi connectivity index (χ4n) is 1.81. The molecule has 0 saturated carbocycles. The minimum atomic E-state index is 0.820. The van der Waals surface area contributed by atoms with E-state index in [0.29, 0.717) is 0 Å². The van der Waals surface area contributed by atoms with E-state index in [2.05, 4.69) is 41.5 Å². The lowest BCUT2D eigenvalue weighted by molar-refractivity contribution is 0.727.